The first kappa shape index (κ1) is 13.9. The SMILES string of the molecule is CN(c1nc(C(C)(C)C)c(C=O)s1)C1CCSC1. The van der Waals surface area contributed by atoms with Gasteiger partial charge in [-0.15, -0.1) is 0 Å². The summed E-state index contributed by atoms with van der Waals surface area (Å²) in [7, 11) is 2.09. The van der Waals surface area contributed by atoms with Crippen LogP contribution in [0.25, 0.3) is 0 Å². The summed E-state index contributed by atoms with van der Waals surface area (Å²) in [5.74, 6) is 2.39. The molecule has 1 saturated heterocycles. The molecule has 0 amide bonds. The lowest BCUT2D eigenvalue weighted by atomic mass is 9.91. The lowest BCUT2D eigenvalue weighted by molar-refractivity contribution is 0.112. The molecule has 1 aliphatic heterocycles. The van der Waals surface area contributed by atoms with Crippen LogP contribution in [0.5, 0.6) is 0 Å². The predicted molar refractivity (Wildman–Crippen MR) is 80.3 cm³/mol. The van der Waals surface area contributed by atoms with E-state index < -0.39 is 0 Å². The lowest BCUT2D eigenvalue weighted by Crippen LogP contribution is -2.31. The van der Waals surface area contributed by atoms with E-state index in [0.29, 0.717) is 6.04 Å². The first-order chi connectivity index (χ1) is 8.43. The van der Waals surface area contributed by atoms with Crippen LogP contribution in [-0.4, -0.2) is 35.9 Å². The van der Waals surface area contributed by atoms with Crippen LogP contribution in [0.4, 0.5) is 5.13 Å². The lowest BCUT2D eigenvalue weighted by Gasteiger charge is -2.23. The number of hydrogen-bond donors (Lipinski definition) is 0. The molecule has 0 aliphatic carbocycles. The highest BCUT2D eigenvalue weighted by atomic mass is 32.2. The Morgan fingerprint density at radius 1 is 1.44 bits per heavy atom. The van der Waals surface area contributed by atoms with Crippen molar-refractivity contribution in [1.82, 2.24) is 4.98 Å². The van der Waals surface area contributed by atoms with Crippen LogP contribution in [0.1, 0.15) is 42.6 Å². The van der Waals surface area contributed by atoms with Gasteiger partial charge in [-0.05, 0) is 12.2 Å². The molecule has 0 bridgehead atoms. The van der Waals surface area contributed by atoms with Crippen LogP contribution < -0.4 is 4.90 Å². The fraction of sp³-hybridized carbons (Fsp3) is 0.692. The Morgan fingerprint density at radius 2 is 2.17 bits per heavy atom. The molecule has 1 aromatic heterocycles. The van der Waals surface area contributed by atoms with Crippen LogP contribution in [0, 0.1) is 0 Å². The van der Waals surface area contributed by atoms with E-state index in [0.717, 1.165) is 27.7 Å². The molecule has 1 fully saturated rings. The fourth-order valence-corrected chi connectivity index (χ4v) is 4.46. The number of hydrogen-bond acceptors (Lipinski definition) is 5. The second kappa shape index (κ2) is 5.21. The molecule has 18 heavy (non-hydrogen) atoms. The van der Waals surface area contributed by atoms with Gasteiger partial charge in [0.25, 0.3) is 0 Å². The van der Waals surface area contributed by atoms with Gasteiger partial charge in [0.15, 0.2) is 11.4 Å². The molecule has 1 aliphatic rings. The molecule has 0 aromatic carbocycles. The number of anilines is 1. The molecule has 0 radical (unpaired) electrons. The molecule has 5 heteroatoms. The molecule has 1 aromatic rings. The summed E-state index contributed by atoms with van der Waals surface area (Å²) in [4.78, 5) is 18.9. The van der Waals surface area contributed by atoms with Crippen molar-refractivity contribution in [2.24, 2.45) is 0 Å². The zero-order valence-corrected chi connectivity index (χ0v) is 13.0. The first-order valence-corrected chi connectivity index (χ1v) is 8.17. The summed E-state index contributed by atoms with van der Waals surface area (Å²) in [6.07, 6.45) is 2.15. The van der Waals surface area contributed by atoms with Gasteiger partial charge < -0.3 is 4.90 Å². The average Bonchev–Trinajstić information content (AvgIpc) is 2.96. The number of nitrogens with zero attached hydrogens (tertiary/aromatic N) is 2. The van der Waals surface area contributed by atoms with Gasteiger partial charge in [-0.2, -0.15) is 11.8 Å². The van der Waals surface area contributed by atoms with Crippen LogP contribution >= 0.6 is 23.1 Å². The van der Waals surface area contributed by atoms with Crippen LogP contribution in [0.2, 0.25) is 0 Å². The standard InChI is InChI=1S/C13H20N2OS2/c1-13(2,3)11-10(7-16)18-12(14-11)15(4)9-5-6-17-8-9/h7,9H,5-6,8H2,1-4H3. The monoisotopic (exact) mass is 284 g/mol. The van der Waals surface area contributed by atoms with E-state index in [-0.39, 0.29) is 5.41 Å². The Labute approximate surface area is 117 Å². The van der Waals surface area contributed by atoms with Gasteiger partial charge in [-0.1, -0.05) is 32.1 Å². The third-order valence-corrected chi connectivity index (χ3v) is 5.43. The second-order valence-electron chi connectivity index (χ2n) is 5.71. The van der Waals surface area contributed by atoms with Crippen molar-refractivity contribution in [3.8, 4) is 0 Å². The molecular weight excluding hydrogens is 264 g/mol. The number of thioether (sulfide) groups is 1. The summed E-state index contributed by atoms with van der Waals surface area (Å²) in [5.41, 5.74) is 0.853. The number of aldehydes is 1. The fourth-order valence-electron chi connectivity index (χ4n) is 2.07. The maximum absolute atomic E-state index is 11.2. The zero-order valence-electron chi connectivity index (χ0n) is 11.4. The van der Waals surface area contributed by atoms with Gasteiger partial charge >= 0.3 is 0 Å². The molecule has 3 nitrogen and oxygen atoms in total. The molecule has 100 valence electrons. The van der Waals surface area contributed by atoms with Crippen molar-refractivity contribution in [1.29, 1.82) is 0 Å². The summed E-state index contributed by atoms with van der Waals surface area (Å²) in [5, 5.41) is 0.981. The highest BCUT2D eigenvalue weighted by Crippen LogP contribution is 2.34. The number of thiazole rings is 1. The van der Waals surface area contributed by atoms with Crippen LogP contribution in [0.3, 0.4) is 0 Å². The molecule has 0 saturated carbocycles. The number of aromatic nitrogens is 1. The van der Waals surface area contributed by atoms with Gasteiger partial charge in [0.05, 0.1) is 10.6 Å². The van der Waals surface area contributed by atoms with E-state index in [1.54, 1.807) is 0 Å². The molecule has 2 heterocycles. The molecule has 1 atom stereocenters. The van der Waals surface area contributed by atoms with E-state index in [1.807, 2.05) is 11.8 Å². The summed E-state index contributed by atoms with van der Waals surface area (Å²) in [6, 6.07) is 0.563. The van der Waals surface area contributed by atoms with Gasteiger partial charge in [0, 0.05) is 24.3 Å². The second-order valence-corrected chi connectivity index (χ2v) is 7.86. The highest BCUT2D eigenvalue weighted by molar-refractivity contribution is 7.99. The van der Waals surface area contributed by atoms with E-state index in [2.05, 4.69) is 32.7 Å². The normalized spacial score (nSPS) is 20.1. The minimum absolute atomic E-state index is 0.0732. The molecule has 2 rings (SSSR count). The van der Waals surface area contributed by atoms with E-state index in [4.69, 9.17) is 4.98 Å². The zero-order chi connectivity index (χ0) is 13.3. The highest BCUT2D eigenvalue weighted by Gasteiger charge is 2.27. The number of carbonyl (C=O) groups excluding carboxylic acids is 1. The third kappa shape index (κ3) is 2.72. The van der Waals surface area contributed by atoms with Crippen molar-refractivity contribution in [3.05, 3.63) is 10.6 Å². The Bertz CT molecular complexity index is 431. The number of carbonyl (C=O) groups is 1. The first-order valence-electron chi connectivity index (χ1n) is 6.20. The van der Waals surface area contributed by atoms with Crippen LogP contribution in [-0.2, 0) is 5.41 Å². The van der Waals surface area contributed by atoms with Gasteiger partial charge in [-0.25, -0.2) is 4.98 Å². The topological polar surface area (TPSA) is 33.2 Å². The Morgan fingerprint density at radius 3 is 2.61 bits per heavy atom. The minimum Gasteiger partial charge on any atom is -0.347 e. The van der Waals surface area contributed by atoms with E-state index in [1.165, 1.54) is 23.5 Å². The Hall–Kier alpha value is -0.550. The summed E-state index contributed by atoms with van der Waals surface area (Å²) >= 11 is 3.51. The molecule has 0 N–H and O–H groups in total. The average molecular weight is 284 g/mol. The van der Waals surface area contributed by atoms with Gasteiger partial charge in [0.2, 0.25) is 0 Å². The van der Waals surface area contributed by atoms with Gasteiger partial charge in [0.1, 0.15) is 0 Å². The van der Waals surface area contributed by atoms with Crippen molar-refractivity contribution in [2.75, 3.05) is 23.5 Å². The molecule has 0 spiro atoms. The maximum Gasteiger partial charge on any atom is 0.186 e. The predicted octanol–water partition coefficient (Wildman–Crippen LogP) is 3.19. The smallest absolute Gasteiger partial charge is 0.186 e. The number of rotatable bonds is 3. The molecular formula is C13H20N2OS2. The maximum atomic E-state index is 11.2. The Kier molecular flexibility index (Phi) is 4.02. The summed E-state index contributed by atoms with van der Waals surface area (Å²) in [6.45, 7) is 6.30. The summed E-state index contributed by atoms with van der Waals surface area (Å²) < 4.78 is 0. The van der Waals surface area contributed by atoms with Crippen molar-refractivity contribution in [3.63, 3.8) is 0 Å². The van der Waals surface area contributed by atoms with E-state index in [9.17, 15) is 4.79 Å². The van der Waals surface area contributed by atoms with Gasteiger partial charge in [-0.3, -0.25) is 4.79 Å². The quantitative estimate of drug-likeness (QED) is 0.798. The Balaban J connectivity index is 2.29. The van der Waals surface area contributed by atoms with Crippen molar-refractivity contribution in [2.45, 2.75) is 38.6 Å². The molecule has 1 unspecified atom stereocenters. The van der Waals surface area contributed by atoms with Crippen LogP contribution in [0.15, 0.2) is 0 Å². The van der Waals surface area contributed by atoms with Crippen molar-refractivity contribution < 1.29 is 4.79 Å². The minimum atomic E-state index is -0.0732. The third-order valence-electron chi connectivity index (χ3n) is 3.21. The van der Waals surface area contributed by atoms with Crippen molar-refractivity contribution >= 4 is 34.5 Å². The van der Waals surface area contributed by atoms with E-state index >= 15 is 0 Å². The largest absolute Gasteiger partial charge is 0.347 e.